The number of methoxy groups -OCH3 is 1. The van der Waals surface area contributed by atoms with Crippen LogP contribution in [0.5, 0.6) is 0 Å². The van der Waals surface area contributed by atoms with Gasteiger partial charge in [0.15, 0.2) is 0 Å². The van der Waals surface area contributed by atoms with Crippen molar-refractivity contribution in [1.82, 2.24) is 5.32 Å². The molecule has 14 heavy (non-hydrogen) atoms. The van der Waals surface area contributed by atoms with E-state index in [1.807, 2.05) is 0 Å². The van der Waals surface area contributed by atoms with Gasteiger partial charge >= 0.3 is 0 Å². The highest BCUT2D eigenvalue weighted by atomic mass is 16.5. The lowest BCUT2D eigenvalue weighted by Crippen LogP contribution is -2.41. The van der Waals surface area contributed by atoms with Crippen molar-refractivity contribution in [2.75, 3.05) is 13.7 Å². The van der Waals surface area contributed by atoms with E-state index in [4.69, 9.17) is 11.2 Å². The monoisotopic (exact) mass is 197 g/mol. The van der Waals surface area contributed by atoms with E-state index in [1.165, 1.54) is 0 Å². The average Bonchev–Trinajstić information content (AvgIpc) is 2.22. The van der Waals surface area contributed by atoms with Crippen LogP contribution in [0, 0.1) is 12.3 Å². The maximum absolute atomic E-state index is 5.42. The highest BCUT2D eigenvalue weighted by Crippen LogP contribution is 2.09. The van der Waals surface area contributed by atoms with Crippen molar-refractivity contribution in [3.63, 3.8) is 0 Å². The quantitative estimate of drug-likeness (QED) is 0.602. The van der Waals surface area contributed by atoms with Crippen LogP contribution in [-0.4, -0.2) is 25.8 Å². The van der Waals surface area contributed by atoms with E-state index < -0.39 is 0 Å². The van der Waals surface area contributed by atoms with Crippen molar-refractivity contribution in [3.05, 3.63) is 0 Å². The SMILES string of the molecule is C#CCCC(NCCC)C(CC)OC. The molecule has 0 spiro atoms. The maximum atomic E-state index is 5.42. The first-order valence-corrected chi connectivity index (χ1v) is 5.49. The van der Waals surface area contributed by atoms with Gasteiger partial charge in [-0.05, 0) is 25.8 Å². The van der Waals surface area contributed by atoms with Gasteiger partial charge in [-0.3, -0.25) is 0 Å². The van der Waals surface area contributed by atoms with Gasteiger partial charge in [0.2, 0.25) is 0 Å². The summed E-state index contributed by atoms with van der Waals surface area (Å²) >= 11 is 0. The number of nitrogens with one attached hydrogen (secondary N) is 1. The topological polar surface area (TPSA) is 21.3 Å². The molecule has 1 N–H and O–H groups in total. The molecule has 2 unspecified atom stereocenters. The van der Waals surface area contributed by atoms with Crippen molar-refractivity contribution >= 4 is 0 Å². The number of rotatable bonds is 8. The van der Waals surface area contributed by atoms with Gasteiger partial charge in [-0.1, -0.05) is 13.8 Å². The second kappa shape index (κ2) is 9.05. The summed E-state index contributed by atoms with van der Waals surface area (Å²) in [5.41, 5.74) is 0. The minimum absolute atomic E-state index is 0.287. The molecule has 0 aromatic carbocycles. The van der Waals surface area contributed by atoms with Gasteiger partial charge in [0, 0.05) is 19.6 Å². The van der Waals surface area contributed by atoms with Crippen LogP contribution in [0.15, 0.2) is 0 Å². The first-order valence-electron chi connectivity index (χ1n) is 5.49. The van der Waals surface area contributed by atoms with Crippen molar-refractivity contribution in [2.24, 2.45) is 0 Å². The summed E-state index contributed by atoms with van der Waals surface area (Å²) < 4.78 is 5.42. The van der Waals surface area contributed by atoms with Crippen LogP contribution in [0.1, 0.15) is 39.5 Å². The molecule has 0 heterocycles. The standard InChI is InChI=1S/C12H23NO/c1-5-8-9-11(13-10-6-2)12(7-3)14-4/h1,11-13H,6-10H2,2-4H3. The molecule has 0 bridgehead atoms. The van der Waals surface area contributed by atoms with Crippen LogP contribution in [-0.2, 0) is 4.74 Å². The number of ether oxygens (including phenoxy) is 1. The van der Waals surface area contributed by atoms with Crippen molar-refractivity contribution in [2.45, 2.75) is 51.7 Å². The molecule has 0 rings (SSSR count). The predicted octanol–water partition coefficient (Wildman–Crippen LogP) is 2.19. The Morgan fingerprint density at radius 1 is 1.43 bits per heavy atom. The third kappa shape index (κ3) is 5.26. The van der Waals surface area contributed by atoms with Crippen LogP contribution in [0.4, 0.5) is 0 Å². The highest BCUT2D eigenvalue weighted by Gasteiger charge is 2.17. The summed E-state index contributed by atoms with van der Waals surface area (Å²) in [6, 6.07) is 0.404. The summed E-state index contributed by atoms with van der Waals surface area (Å²) in [6.45, 7) is 5.35. The highest BCUT2D eigenvalue weighted by molar-refractivity contribution is 4.87. The molecule has 0 aromatic rings. The molecule has 0 saturated heterocycles. The van der Waals surface area contributed by atoms with E-state index in [2.05, 4.69) is 25.1 Å². The van der Waals surface area contributed by atoms with Gasteiger partial charge in [0.1, 0.15) is 0 Å². The maximum Gasteiger partial charge on any atom is 0.0721 e. The van der Waals surface area contributed by atoms with E-state index in [1.54, 1.807) is 7.11 Å². The number of hydrogen-bond donors (Lipinski definition) is 1. The van der Waals surface area contributed by atoms with Gasteiger partial charge in [-0.2, -0.15) is 0 Å². The van der Waals surface area contributed by atoms with Gasteiger partial charge in [-0.25, -0.2) is 0 Å². The molecule has 0 aliphatic rings. The van der Waals surface area contributed by atoms with Crippen LogP contribution >= 0.6 is 0 Å². The van der Waals surface area contributed by atoms with E-state index in [-0.39, 0.29) is 6.10 Å². The van der Waals surface area contributed by atoms with Crippen molar-refractivity contribution in [3.8, 4) is 12.3 Å². The molecule has 0 amide bonds. The lowest BCUT2D eigenvalue weighted by molar-refractivity contribution is 0.0630. The molecule has 0 saturated carbocycles. The minimum atomic E-state index is 0.287. The summed E-state index contributed by atoms with van der Waals surface area (Å²) in [5.74, 6) is 2.68. The predicted molar refractivity (Wildman–Crippen MR) is 61.2 cm³/mol. The molecule has 82 valence electrons. The van der Waals surface area contributed by atoms with E-state index in [0.717, 1.165) is 32.2 Å². The van der Waals surface area contributed by atoms with E-state index in [0.29, 0.717) is 6.04 Å². The van der Waals surface area contributed by atoms with E-state index >= 15 is 0 Å². The summed E-state index contributed by atoms with van der Waals surface area (Å²) in [5, 5.41) is 3.49. The lowest BCUT2D eigenvalue weighted by atomic mass is 10.0. The first-order chi connectivity index (χ1) is 6.79. The van der Waals surface area contributed by atoms with Gasteiger partial charge in [0.05, 0.1) is 6.10 Å². The Hall–Kier alpha value is -0.520. The second-order valence-electron chi connectivity index (χ2n) is 3.49. The smallest absolute Gasteiger partial charge is 0.0721 e. The zero-order valence-electron chi connectivity index (χ0n) is 9.68. The Bertz CT molecular complexity index is 158. The lowest BCUT2D eigenvalue weighted by Gasteiger charge is -2.25. The Labute approximate surface area is 88.4 Å². The fourth-order valence-corrected chi connectivity index (χ4v) is 1.60. The van der Waals surface area contributed by atoms with Crippen LogP contribution < -0.4 is 5.32 Å². The molecule has 0 aromatic heterocycles. The van der Waals surface area contributed by atoms with Crippen LogP contribution in [0.2, 0.25) is 0 Å². The summed E-state index contributed by atoms with van der Waals surface area (Å²) in [6.07, 6.45) is 9.56. The Morgan fingerprint density at radius 3 is 2.57 bits per heavy atom. The van der Waals surface area contributed by atoms with Gasteiger partial charge < -0.3 is 10.1 Å². The Balaban J connectivity index is 4.00. The third-order valence-electron chi connectivity index (χ3n) is 2.41. The van der Waals surface area contributed by atoms with E-state index in [9.17, 15) is 0 Å². The molecule has 2 nitrogen and oxygen atoms in total. The fourth-order valence-electron chi connectivity index (χ4n) is 1.60. The molecular formula is C12H23NO. The number of hydrogen-bond acceptors (Lipinski definition) is 2. The molecule has 2 atom stereocenters. The molecule has 0 radical (unpaired) electrons. The molecule has 0 fully saturated rings. The minimum Gasteiger partial charge on any atom is -0.380 e. The largest absolute Gasteiger partial charge is 0.380 e. The molecule has 0 aliphatic carbocycles. The first kappa shape index (κ1) is 13.5. The summed E-state index contributed by atoms with van der Waals surface area (Å²) in [4.78, 5) is 0. The zero-order chi connectivity index (χ0) is 10.8. The zero-order valence-corrected chi connectivity index (χ0v) is 9.68. The second-order valence-corrected chi connectivity index (χ2v) is 3.49. The Kier molecular flexibility index (Phi) is 8.72. The third-order valence-corrected chi connectivity index (χ3v) is 2.41. The summed E-state index contributed by atoms with van der Waals surface area (Å²) in [7, 11) is 1.77. The van der Waals surface area contributed by atoms with Gasteiger partial charge in [-0.15, -0.1) is 12.3 Å². The average molecular weight is 197 g/mol. The Morgan fingerprint density at radius 2 is 2.14 bits per heavy atom. The normalized spacial score (nSPS) is 14.7. The molecule has 2 heteroatoms. The fraction of sp³-hybridized carbons (Fsp3) is 0.833. The van der Waals surface area contributed by atoms with Crippen LogP contribution in [0.3, 0.4) is 0 Å². The molecular weight excluding hydrogens is 174 g/mol. The van der Waals surface area contributed by atoms with Gasteiger partial charge in [0.25, 0.3) is 0 Å². The van der Waals surface area contributed by atoms with Crippen molar-refractivity contribution < 1.29 is 4.74 Å². The van der Waals surface area contributed by atoms with Crippen molar-refractivity contribution in [1.29, 1.82) is 0 Å². The molecule has 0 aliphatic heterocycles. The number of terminal acetylenes is 1. The van der Waals surface area contributed by atoms with Crippen LogP contribution in [0.25, 0.3) is 0 Å².